The fourth-order valence-corrected chi connectivity index (χ4v) is 3.39. The number of anilines is 1. The number of fused-ring (bicyclic) bond motifs is 2. The van der Waals surface area contributed by atoms with Gasteiger partial charge in [0, 0.05) is 18.0 Å². The quantitative estimate of drug-likeness (QED) is 0.420. The number of phenolic OH excluding ortho intramolecular Hbond substituents is 1. The number of carbonyl (C=O) groups is 1. The van der Waals surface area contributed by atoms with Gasteiger partial charge in [0.25, 0.3) is 10.1 Å². The van der Waals surface area contributed by atoms with E-state index in [1.54, 1.807) is 36.4 Å². The summed E-state index contributed by atoms with van der Waals surface area (Å²) in [4.78, 5) is 10.8. The Balaban J connectivity index is 0.000000166. The van der Waals surface area contributed by atoms with Crippen molar-refractivity contribution in [3.63, 3.8) is 0 Å². The zero-order valence-electron chi connectivity index (χ0n) is 15.5. The molecule has 3 N–H and O–H groups in total. The van der Waals surface area contributed by atoms with Crippen LogP contribution in [-0.4, -0.2) is 24.0 Å². The fourth-order valence-electron chi connectivity index (χ4n) is 2.88. The molecule has 0 aliphatic rings. The SMILES string of the molecule is CC(=O)Nc1ccc2c(O)cccc2c1.O=S(=O)(O)c1ccc2ccccc2c1. The molecule has 7 heteroatoms. The van der Waals surface area contributed by atoms with Crippen LogP contribution in [0.15, 0.2) is 83.8 Å². The van der Waals surface area contributed by atoms with Crippen LogP contribution in [0.25, 0.3) is 21.5 Å². The van der Waals surface area contributed by atoms with Crippen molar-refractivity contribution in [2.24, 2.45) is 0 Å². The van der Waals surface area contributed by atoms with Gasteiger partial charge >= 0.3 is 0 Å². The van der Waals surface area contributed by atoms with E-state index in [0.29, 0.717) is 0 Å². The van der Waals surface area contributed by atoms with Gasteiger partial charge in [-0.05, 0) is 52.6 Å². The summed E-state index contributed by atoms with van der Waals surface area (Å²) >= 11 is 0. The van der Waals surface area contributed by atoms with E-state index < -0.39 is 10.1 Å². The Labute approximate surface area is 168 Å². The molecule has 0 atom stereocenters. The van der Waals surface area contributed by atoms with E-state index in [1.807, 2.05) is 30.3 Å². The third-order valence-corrected chi connectivity index (χ3v) is 5.05. The number of amides is 1. The van der Waals surface area contributed by atoms with Crippen molar-refractivity contribution in [1.82, 2.24) is 0 Å². The minimum absolute atomic E-state index is 0.0730. The van der Waals surface area contributed by atoms with Gasteiger partial charge in [-0.1, -0.05) is 42.5 Å². The average Bonchev–Trinajstić information content (AvgIpc) is 2.67. The number of carbonyl (C=O) groups excluding carboxylic acids is 1. The van der Waals surface area contributed by atoms with Crippen LogP contribution in [0.3, 0.4) is 0 Å². The van der Waals surface area contributed by atoms with Crippen LogP contribution in [0.2, 0.25) is 0 Å². The Morgan fingerprint density at radius 2 is 1.52 bits per heavy atom. The van der Waals surface area contributed by atoms with Crippen LogP contribution < -0.4 is 5.32 Å². The highest BCUT2D eigenvalue weighted by molar-refractivity contribution is 7.85. The lowest BCUT2D eigenvalue weighted by Gasteiger charge is -2.05. The first-order valence-corrected chi connectivity index (χ1v) is 10.1. The number of benzene rings is 4. The van der Waals surface area contributed by atoms with E-state index >= 15 is 0 Å². The summed E-state index contributed by atoms with van der Waals surface area (Å²) in [5.41, 5.74) is 0.737. The highest BCUT2D eigenvalue weighted by Crippen LogP contribution is 2.26. The molecule has 29 heavy (non-hydrogen) atoms. The molecule has 0 unspecified atom stereocenters. The Bertz CT molecular complexity index is 1300. The molecule has 6 nitrogen and oxygen atoms in total. The standard InChI is InChI=1S/C12H11NO2.C10H8O3S/c1-8(14)13-10-5-6-11-9(7-10)3-2-4-12(11)15;11-14(12,13)10-6-5-8-3-1-2-4-9(8)7-10/h2-7,15H,1H3,(H,13,14);1-7H,(H,11,12,13). The van der Waals surface area contributed by atoms with Gasteiger partial charge in [0.15, 0.2) is 0 Å². The minimum atomic E-state index is -4.09. The van der Waals surface area contributed by atoms with Crippen molar-refractivity contribution in [3.8, 4) is 5.75 Å². The van der Waals surface area contributed by atoms with Crippen LogP contribution in [-0.2, 0) is 14.9 Å². The summed E-state index contributed by atoms with van der Waals surface area (Å²) in [5, 5.41) is 15.7. The molecule has 4 aromatic carbocycles. The zero-order valence-corrected chi connectivity index (χ0v) is 16.3. The lowest BCUT2D eigenvalue weighted by molar-refractivity contribution is -0.114. The molecule has 0 fully saturated rings. The Morgan fingerprint density at radius 3 is 2.21 bits per heavy atom. The molecule has 0 radical (unpaired) electrons. The Hall–Kier alpha value is -3.42. The van der Waals surface area contributed by atoms with Crippen LogP contribution in [0.1, 0.15) is 6.92 Å². The van der Waals surface area contributed by atoms with Gasteiger partial charge in [0.05, 0.1) is 4.90 Å². The summed E-state index contributed by atoms with van der Waals surface area (Å²) in [6, 6.07) is 22.5. The smallest absolute Gasteiger partial charge is 0.294 e. The first-order chi connectivity index (χ1) is 13.7. The van der Waals surface area contributed by atoms with Gasteiger partial charge in [0.1, 0.15) is 5.75 Å². The number of aromatic hydroxyl groups is 1. The van der Waals surface area contributed by atoms with Gasteiger partial charge in [-0.15, -0.1) is 0 Å². The molecule has 1 amide bonds. The lowest BCUT2D eigenvalue weighted by atomic mass is 10.1. The van der Waals surface area contributed by atoms with Gasteiger partial charge in [-0.2, -0.15) is 8.42 Å². The van der Waals surface area contributed by atoms with Gasteiger partial charge in [-0.3, -0.25) is 9.35 Å². The highest BCUT2D eigenvalue weighted by atomic mass is 32.2. The van der Waals surface area contributed by atoms with Crippen molar-refractivity contribution in [2.45, 2.75) is 11.8 Å². The first kappa shape index (κ1) is 20.3. The van der Waals surface area contributed by atoms with E-state index in [2.05, 4.69) is 5.32 Å². The maximum atomic E-state index is 10.9. The van der Waals surface area contributed by atoms with Crippen molar-refractivity contribution in [2.75, 3.05) is 5.32 Å². The van der Waals surface area contributed by atoms with Crippen LogP contribution >= 0.6 is 0 Å². The average molecular weight is 409 g/mol. The fraction of sp³-hybridized carbons (Fsp3) is 0.0455. The molecule has 4 rings (SSSR count). The van der Waals surface area contributed by atoms with Crippen LogP contribution in [0.4, 0.5) is 5.69 Å². The molecule has 0 aliphatic heterocycles. The second-order valence-electron chi connectivity index (χ2n) is 6.38. The molecule has 0 aliphatic carbocycles. The van der Waals surface area contributed by atoms with Crippen molar-refractivity contribution < 1.29 is 22.9 Å². The molecule has 0 aromatic heterocycles. The maximum Gasteiger partial charge on any atom is 0.294 e. The number of nitrogens with one attached hydrogen (secondary N) is 1. The maximum absolute atomic E-state index is 10.9. The Morgan fingerprint density at radius 1 is 0.828 bits per heavy atom. The molecule has 4 aromatic rings. The largest absolute Gasteiger partial charge is 0.507 e. The molecule has 0 bridgehead atoms. The van der Waals surface area contributed by atoms with E-state index in [0.717, 1.165) is 27.2 Å². The molecule has 0 heterocycles. The normalized spacial score (nSPS) is 11.0. The lowest BCUT2D eigenvalue weighted by Crippen LogP contribution is -2.05. The molecule has 0 spiro atoms. The molecular formula is C22H19NO5S. The molecule has 0 saturated carbocycles. The number of rotatable bonds is 2. The van der Waals surface area contributed by atoms with Crippen molar-refractivity contribution >= 4 is 43.3 Å². The van der Waals surface area contributed by atoms with E-state index in [1.165, 1.54) is 19.1 Å². The summed E-state index contributed by atoms with van der Waals surface area (Å²) in [5.74, 6) is 0.149. The number of phenols is 1. The second-order valence-corrected chi connectivity index (χ2v) is 7.80. The summed E-state index contributed by atoms with van der Waals surface area (Å²) in [6.07, 6.45) is 0. The van der Waals surface area contributed by atoms with Crippen molar-refractivity contribution in [3.05, 3.63) is 78.9 Å². The van der Waals surface area contributed by atoms with Crippen LogP contribution in [0.5, 0.6) is 5.75 Å². The number of hydrogen-bond acceptors (Lipinski definition) is 4. The molecular weight excluding hydrogens is 390 g/mol. The summed E-state index contributed by atoms with van der Waals surface area (Å²) in [6.45, 7) is 1.46. The monoisotopic (exact) mass is 409 g/mol. The van der Waals surface area contributed by atoms with Gasteiger partial charge < -0.3 is 10.4 Å². The second kappa shape index (κ2) is 8.30. The minimum Gasteiger partial charge on any atom is -0.507 e. The number of hydrogen-bond donors (Lipinski definition) is 3. The highest BCUT2D eigenvalue weighted by Gasteiger charge is 2.08. The summed E-state index contributed by atoms with van der Waals surface area (Å²) < 4.78 is 30.5. The summed E-state index contributed by atoms with van der Waals surface area (Å²) in [7, 11) is -4.09. The topological polar surface area (TPSA) is 104 Å². The Kier molecular flexibility index (Phi) is 5.81. The van der Waals surface area contributed by atoms with E-state index in [4.69, 9.17) is 4.55 Å². The van der Waals surface area contributed by atoms with Crippen LogP contribution in [0, 0.1) is 0 Å². The predicted molar refractivity (Wildman–Crippen MR) is 114 cm³/mol. The predicted octanol–water partition coefficient (Wildman–Crippen LogP) is 4.59. The molecule has 148 valence electrons. The molecule has 0 saturated heterocycles. The van der Waals surface area contributed by atoms with Gasteiger partial charge in [0.2, 0.25) is 5.91 Å². The van der Waals surface area contributed by atoms with E-state index in [-0.39, 0.29) is 16.6 Å². The van der Waals surface area contributed by atoms with E-state index in [9.17, 15) is 18.3 Å². The van der Waals surface area contributed by atoms with Crippen molar-refractivity contribution in [1.29, 1.82) is 0 Å². The third kappa shape index (κ3) is 5.10. The third-order valence-electron chi connectivity index (χ3n) is 4.20. The first-order valence-electron chi connectivity index (χ1n) is 8.70. The zero-order chi connectivity index (χ0) is 21.0. The van der Waals surface area contributed by atoms with Gasteiger partial charge in [-0.25, -0.2) is 0 Å².